The van der Waals surface area contributed by atoms with E-state index in [1.807, 2.05) is 20.8 Å². The third kappa shape index (κ3) is 4.14. The molecule has 0 bridgehead atoms. The van der Waals surface area contributed by atoms with Crippen LogP contribution in [0.2, 0.25) is 0 Å². The van der Waals surface area contributed by atoms with Gasteiger partial charge in [-0.1, -0.05) is 19.0 Å². The normalized spacial score (nSPS) is 12.9. The molecule has 6 heteroatoms. The van der Waals surface area contributed by atoms with E-state index in [-0.39, 0.29) is 24.9 Å². The fourth-order valence-corrected chi connectivity index (χ4v) is 1.44. The van der Waals surface area contributed by atoms with E-state index >= 15 is 0 Å². The molecule has 0 saturated carbocycles. The summed E-state index contributed by atoms with van der Waals surface area (Å²) in [5, 5.41) is 12.4. The Balaban J connectivity index is 2.67. The van der Waals surface area contributed by atoms with Crippen LogP contribution in [0.25, 0.3) is 0 Å². The Kier molecular flexibility index (Phi) is 5.09. The van der Waals surface area contributed by atoms with Crippen LogP contribution in [0.15, 0.2) is 4.52 Å². The Morgan fingerprint density at radius 3 is 2.76 bits per heavy atom. The van der Waals surface area contributed by atoms with Gasteiger partial charge in [0.1, 0.15) is 6.10 Å². The van der Waals surface area contributed by atoms with Crippen LogP contribution < -0.4 is 0 Å². The number of ether oxygens (including phenoxy) is 1. The minimum atomic E-state index is -0.880. The van der Waals surface area contributed by atoms with E-state index in [0.29, 0.717) is 18.3 Å². The van der Waals surface area contributed by atoms with Crippen LogP contribution in [0.1, 0.15) is 45.0 Å². The minimum absolute atomic E-state index is 0.0113. The molecule has 1 aromatic rings. The van der Waals surface area contributed by atoms with Gasteiger partial charge >= 0.3 is 5.97 Å². The van der Waals surface area contributed by atoms with Crippen molar-refractivity contribution in [3.63, 3.8) is 0 Å². The van der Waals surface area contributed by atoms with Gasteiger partial charge < -0.3 is 14.4 Å². The number of hydrogen-bond acceptors (Lipinski definition) is 5. The number of carboxylic acid groups (broad SMARTS) is 1. The number of rotatable bonds is 7. The predicted octanol–water partition coefficient (Wildman–Crippen LogP) is 1.82. The van der Waals surface area contributed by atoms with Crippen LogP contribution in [0.4, 0.5) is 0 Å². The topological polar surface area (TPSA) is 85.5 Å². The molecule has 1 unspecified atom stereocenters. The monoisotopic (exact) mass is 242 g/mol. The Labute approximate surface area is 100.0 Å². The molecular formula is C11H18N2O4. The molecule has 0 saturated heterocycles. The molecule has 0 amide bonds. The van der Waals surface area contributed by atoms with Gasteiger partial charge in [-0.2, -0.15) is 4.98 Å². The number of hydrogen-bond donors (Lipinski definition) is 1. The van der Waals surface area contributed by atoms with Crippen LogP contribution >= 0.6 is 0 Å². The maximum atomic E-state index is 10.4. The van der Waals surface area contributed by atoms with Gasteiger partial charge in [-0.15, -0.1) is 0 Å². The smallest absolute Gasteiger partial charge is 0.303 e. The maximum Gasteiger partial charge on any atom is 0.303 e. The van der Waals surface area contributed by atoms with Gasteiger partial charge in [0, 0.05) is 13.0 Å². The van der Waals surface area contributed by atoms with Gasteiger partial charge in [0.2, 0.25) is 11.7 Å². The third-order valence-electron chi connectivity index (χ3n) is 2.24. The largest absolute Gasteiger partial charge is 0.481 e. The summed E-state index contributed by atoms with van der Waals surface area (Å²) in [5.74, 6) is 0.185. The predicted molar refractivity (Wildman–Crippen MR) is 59.5 cm³/mol. The lowest BCUT2D eigenvalue weighted by Crippen LogP contribution is -2.12. The molecular weight excluding hydrogens is 224 g/mol. The molecule has 1 rings (SSSR count). The summed E-state index contributed by atoms with van der Waals surface area (Å²) in [6.45, 7) is 6.49. The second-order valence-corrected chi connectivity index (χ2v) is 4.06. The summed E-state index contributed by atoms with van der Waals surface area (Å²) in [6, 6.07) is 0. The summed E-state index contributed by atoms with van der Waals surface area (Å²) in [6.07, 6.45) is 0.0318. The van der Waals surface area contributed by atoms with Crippen LogP contribution in [-0.4, -0.2) is 27.8 Å². The molecule has 0 fully saturated rings. The summed E-state index contributed by atoms with van der Waals surface area (Å²) in [4.78, 5) is 14.6. The lowest BCUT2D eigenvalue weighted by Gasteiger charge is -2.16. The van der Waals surface area contributed by atoms with E-state index < -0.39 is 5.97 Å². The molecule has 0 radical (unpaired) electrons. The zero-order chi connectivity index (χ0) is 12.8. The minimum Gasteiger partial charge on any atom is -0.481 e. The van der Waals surface area contributed by atoms with E-state index in [1.165, 1.54) is 0 Å². The van der Waals surface area contributed by atoms with Crippen LogP contribution in [0.3, 0.4) is 0 Å². The molecule has 0 aliphatic heterocycles. The number of nitrogens with zero attached hydrogens (tertiary/aromatic N) is 2. The van der Waals surface area contributed by atoms with Crippen molar-refractivity contribution in [3.8, 4) is 0 Å². The second kappa shape index (κ2) is 6.34. The van der Waals surface area contributed by atoms with Gasteiger partial charge in [-0.25, -0.2) is 0 Å². The highest BCUT2D eigenvalue weighted by Crippen LogP contribution is 2.23. The second-order valence-electron chi connectivity index (χ2n) is 4.06. The highest BCUT2D eigenvalue weighted by molar-refractivity contribution is 5.66. The first kappa shape index (κ1) is 13.6. The van der Waals surface area contributed by atoms with Crippen molar-refractivity contribution in [2.24, 2.45) is 5.92 Å². The van der Waals surface area contributed by atoms with E-state index in [4.69, 9.17) is 14.4 Å². The zero-order valence-corrected chi connectivity index (χ0v) is 10.3. The summed E-state index contributed by atoms with van der Waals surface area (Å²) < 4.78 is 10.5. The summed E-state index contributed by atoms with van der Waals surface area (Å²) in [7, 11) is 0. The first-order valence-corrected chi connectivity index (χ1v) is 5.70. The van der Waals surface area contributed by atoms with Crippen molar-refractivity contribution >= 4 is 5.97 Å². The van der Waals surface area contributed by atoms with Crippen molar-refractivity contribution in [2.75, 3.05) is 6.61 Å². The zero-order valence-electron chi connectivity index (χ0n) is 10.3. The first-order chi connectivity index (χ1) is 8.04. The number of carboxylic acids is 1. The highest BCUT2D eigenvalue weighted by atomic mass is 16.5. The van der Waals surface area contributed by atoms with Crippen molar-refractivity contribution in [2.45, 2.75) is 39.7 Å². The number of aryl methyl sites for hydroxylation is 1. The summed E-state index contributed by atoms with van der Waals surface area (Å²) in [5.41, 5.74) is 0. The number of carbonyl (C=O) groups is 1. The Hall–Kier alpha value is -1.43. The molecule has 1 N–H and O–H groups in total. The van der Waals surface area contributed by atoms with E-state index in [1.54, 1.807) is 0 Å². The molecule has 0 spiro atoms. The number of aromatic nitrogens is 2. The van der Waals surface area contributed by atoms with E-state index in [2.05, 4.69) is 10.1 Å². The van der Waals surface area contributed by atoms with E-state index in [0.717, 1.165) is 0 Å². The van der Waals surface area contributed by atoms with Gasteiger partial charge in [0.15, 0.2) is 0 Å². The Morgan fingerprint density at radius 1 is 1.53 bits per heavy atom. The Morgan fingerprint density at radius 2 is 2.24 bits per heavy atom. The van der Waals surface area contributed by atoms with Crippen molar-refractivity contribution in [1.82, 2.24) is 10.1 Å². The van der Waals surface area contributed by atoms with Gasteiger partial charge in [0.05, 0.1) is 6.42 Å². The quantitative estimate of drug-likeness (QED) is 0.784. The number of aliphatic carboxylic acids is 1. The molecule has 1 aromatic heterocycles. The Bertz CT molecular complexity index is 362. The van der Waals surface area contributed by atoms with Crippen LogP contribution in [0, 0.1) is 5.92 Å². The molecule has 6 nitrogen and oxygen atoms in total. The lowest BCUT2D eigenvalue weighted by molar-refractivity contribution is -0.137. The fourth-order valence-electron chi connectivity index (χ4n) is 1.44. The van der Waals surface area contributed by atoms with Gasteiger partial charge in [0.25, 0.3) is 0 Å². The molecule has 0 aliphatic rings. The molecule has 96 valence electrons. The molecule has 0 aliphatic carbocycles. The van der Waals surface area contributed by atoms with Crippen molar-refractivity contribution in [1.29, 1.82) is 0 Å². The van der Waals surface area contributed by atoms with Crippen LogP contribution in [0.5, 0.6) is 0 Å². The maximum absolute atomic E-state index is 10.4. The van der Waals surface area contributed by atoms with Crippen LogP contribution in [-0.2, 0) is 16.0 Å². The lowest BCUT2D eigenvalue weighted by atomic mass is 10.1. The highest BCUT2D eigenvalue weighted by Gasteiger charge is 2.22. The average Bonchev–Trinajstić information content (AvgIpc) is 2.71. The molecule has 1 atom stereocenters. The molecule has 1 heterocycles. The van der Waals surface area contributed by atoms with Crippen molar-refractivity contribution in [3.05, 3.63) is 11.7 Å². The third-order valence-corrected chi connectivity index (χ3v) is 2.24. The molecule has 0 aromatic carbocycles. The average molecular weight is 242 g/mol. The van der Waals surface area contributed by atoms with E-state index in [9.17, 15) is 4.79 Å². The van der Waals surface area contributed by atoms with Gasteiger partial charge in [-0.05, 0) is 12.8 Å². The summed E-state index contributed by atoms with van der Waals surface area (Å²) >= 11 is 0. The SMILES string of the molecule is CCOC(c1noc(CCC(=O)O)n1)C(C)C. The molecule has 17 heavy (non-hydrogen) atoms. The fraction of sp³-hybridized carbons (Fsp3) is 0.727. The standard InChI is InChI=1S/C11H18N2O4/c1-4-16-10(7(2)3)11-12-8(17-13-11)5-6-9(14)15/h7,10H,4-6H2,1-3H3,(H,14,15). The van der Waals surface area contributed by atoms with Crippen molar-refractivity contribution < 1.29 is 19.2 Å². The first-order valence-electron chi connectivity index (χ1n) is 5.70. The van der Waals surface area contributed by atoms with Gasteiger partial charge in [-0.3, -0.25) is 4.79 Å².